The molecule has 4 rings (SSSR count). The van der Waals surface area contributed by atoms with Gasteiger partial charge in [-0.15, -0.1) is 0 Å². The Bertz CT molecular complexity index is 1020. The molecule has 0 unspecified atom stereocenters. The first-order chi connectivity index (χ1) is 13.4. The van der Waals surface area contributed by atoms with E-state index in [4.69, 9.17) is 26.8 Å². The molecule has 1 aromatic heterocycles. The number of nitrogens with two attached hydrogens (primary N) is 1. The molecular weight excluding hydrogens is 385 g/mol. The highest BCUT2D eigenvalue weighted by Crippen LogP contribution is 2.42. The Balaban J connectivity index is 1.68. The van der Waals surface area contributed by atoms with Crippen LogP contribution in [0, 0.1) is 5.82 Å². The van der Waals surface area contributed by atoms with Crippen LogP contribution in [-0.4, -0.2) is 30.0 Å². The van der Waals surface area contributed by atoms with Crippen molar-refractivity contribution in [1.29, 1.82) is 0 Å². The van der Waals surface area contributed by atoms with Crippen molar-refractivity contribution in [2.24, 2.45) is 10.7 Å². The second-order valence-corrected chi connectivity index (χ2v) is 7.23. The van der Waals surface area contributed by atoms with Gasteiger partial charge in [-0.1, -0.05) is 17.7 Å². The lowest BCUT2D eigenvalue weighted by molar-refractivity contribution is 0.0988. The number of amidine groups is 1. The Labute approximate surface area is 165 Å². The zero-order valence-corrected chi connectivity index (χ0v) is 15.8. The summed E-state index contributed by atoms with van der Waals surface area (Å²) in [6.07, 6.45) is 1.48. The number of aliphatic imine (C=N–C) groups is 1. The molecule has 1 aromatic carbocycles. The maximum Gasteiger partial charge on any atom is 0.288 e. The molecule has 28 heavy (non-hydrogen) atoms. The van der Waals surface area contributed by atoms with Gasteiger partial charge >= 0.3 is 0 Å². The van der Waals surface area contributed by atoms with E-state index in [1.165, 1.54) is 12.3 Å². The fraction of sp³-hybridized carbons (Fsp3) is 0.250. The molecule has 8 heteroatoms. The molecule has 0 radical (unpaired) electrons. The summed E-state index contributed by atoms with van der Waals surface area (Å²) in [6.45, 7) is 2.31. The minimum atomic E-state index is -1.06. The molecule has 0 aliphatic carbocycles. The monoisotopic (exact) mass is 401 g/mol. The highest BCUT2D eigenvalue weighted by molar-refractivity contribution is 6.30. The fourth-order valence-corrected chi connectivity index (χ4v) is 3.56. The molecule has 0 bridgehead atoms. The van der Waals surface area contributed by atoms with Gasteiger partial charge in [-0.3, -0.25) is 9.78 Å². The fourth-order valence-electron chi connectivity index (χ4n) is 3.45. The summed E-state index contributed by atoms with van der Waals surface area (Å²) in [6, 6.07) is 7.66. The quantitative estimate of drug-likeness (QED) is 0.795. The van der Waals surface area contributed by atoms with E-state index in [0.29, 0.717) is 27.6 Å². The van der Waals surface area contributed by atoms with Crippen LogP contribution in [0.3, 0.4) is 0 Å². The van der Waals surface area contributed by atoms with Crippen LogP contribution in [0.2, 0.25) is 5.02 Å². The maximum atomic E-state index is 14.8. The Kier molecular flexibility index (Phi) is 4.64. The van der Waals surface area contributed by atoms with Gasteiger partial charge in [0.05, 0.1) is 11.6 Å². The number of ketones is 1. The Morgan fingerprint density at radius 2 is 2.14 bits per heavy atom. The molecule has 2 N–H and O–H groups in total. The molecule has 2 aromatic rings. The van der Waals surface area contributed by atoms with Crippen molar-refractivity contribution in [3.63, 3.8) is 0 Å². The van der Waals surface area contributed by atoms with Crippen LogP contribution in [0.25, 0.3) is 0 Å². The number of halogens is 2. The van der Waals surface area contributed by atoms with Gasteiger partial charge in [0, 0.05) is 23.8 Å². The van der Waals surface area contributed by atoms with Crippen molar-refractivity contribution in [3.05, 3.63) is 75.5 Å². The van der Waals surface area contributed by atoms with Crippen LogP contribution in [0.4, 0.5) is 4.39 Å². The van der Waals surface area contributed by atoms with Crippen molar-refractivity contribution in [3.8, 4) is 0 Å². The second-order valence-electron chi connectivity index (χ2n) is 6.79. The van der Waals surface area contributed by atoms with Crippen molar-refractivity contribution >= 4 is 23.4 Å². The van der Waals surface area contributed by atoms with E-state index in [1.54, 1.807) is 31.2 Å². The first-order valence-corrected chi connectivity index (χ1v) is 9.01. The molecule has 2 aliphatic heterocycles. The van der Waals surface area contributed by atoms with Gasteiger partial charge < -0.3 is 15.2 Å². The van der Waals surface area contributed by atoms with Crippen LogP contribution in [-0.2, 0) is 21.4 Å². The molecular formula is C20H17ClFN3O3. The Hall–Kier alpha value is -2.77. The summed E-state index contributed by atoms with van der Waals surface area (Å²) in [5.74, 6) is -0.0831. The zero-order chi connectivity index (χ0) is 19.9. The number of hydrogen-bond donors (Lipinski definition) is 1. The lowest BCUT2D eigenvalue weighted by Gasteiger charge is -2.31. The van der Waals surface area contributed by atoms with E-state index in [2.05, 4.69) is 9.98 Å². The second kappa shape index (κ2) is 7.00. The third kappa shape index (κ3) is 3.27. The number of nitrogens with zero attached hydrogens (tertiary/aromatic N) is 2. The van der Waals surface area contributed by atoms with Crippen LogP contribution in [0.5, 0.6) is 0 Å². The van der Waals surface area contributed by atoms with Gasteiger partial charge in [-0.2, -0.15) is 0 Å². The van der Waals surface area contributed by atoms with E-state index in [9.17, 15) is 9.18 Å². The smallest absolute Gasteiger partial charge is 0.288 e. The highest BCUT2D eigenvalue weighted by atomic mass is 35.5. The maximum absolute atomic E-state index is 14.8. The minimum Gasteiger partial charge on any atom is -0.428 e. The van der Waals surface area contributed by atoms with Gasteiger partial charge in [0.1, 0.15) is 29.4 Å². The summed E-state index contributed by atoms with van der Waals surface area (Å²) < 4.78 is 25.6. The SMILES string of the molecule is C[C@]1(c2cc(CC(=O)c3ccc(Cl)cn3)ccc2F)N=C(N)OC2=C1COC2. The predicted molar refractivity (Wildman–Crippen MR) is 102 cm³/mol. The number of carbonyl (C=O) groups is 1. The summed E-state index contributed by atoms with van der Waals surface area (Å²) in [7, 11) is 0. The molecule has 0 saturated heterocycles. The number of Topliss-reactive ketones (excluding diaryl/α,β-unsaturated/α-hetero) is 1. The van der Waals surface area contributed by atoms with E-state index >= 15 is 0 Å². The van der Waals surface area contributed by atoms with Gasteiger partial charge in [-0.05, 0) is 36.8 Å². The molecule has 0 saturated carbocycles. The number of benzene rings is 1. The molecule has 1 atom stereocenters. The third-order valence-electron chi connectivity index (χ3n) is 4.90. The molecule has 144 valence electrons. The molecule has 2 aliphatic rings. The predicted octanol–water partition coefficient (Wildman–Crippen LogP) is 3.14. The summed E-state index contributed by atoms with van der Waals surface area (Å²) in [5.41, 5.74) is 6.71. The van der Waals surface area contributed by atoms with Crippen LogP contribution in [0.15, 0.2) is 52.9 Å². The number of carbonyl (C=O) groups excluding carboxylic acids is 1. The topological polar surface area (TPSA) is 86.8 Å². The van der Waals surface area contributed by atoms with Crippen molar-refractivity contribution in [2.75, 3.05) is 13.2 Å². The van der Waals surface area contributed by atoms with E-state index < -0.39 is 11.4 Å². The number of aromatic nitrogens is 1. The van der Waals surface area contributed by atoms with Crippen molar-refractivity contribution in [2.45, 2.75) is 18.9 Å². The first-order valence-electron chi connectivity index (χ1n) is 8.64. The number of ether oxygens (including phenoxy) is 2. The standard InChI is InChI=1S/C20H17ClFN3O3/c1-20(14-9-27-10-18(14)28-19(23)25-20)13-6-11(2-4-15(13)22)7-17(26)16-5-3-12(21)8-24-16/h2-6,8H,7,9-10H2,1H3,(H2,23,25)/t20-/m1/s1. The molecule has 6 nitrogen and oxygen atoms in total. The highest BCUT2D eigenvalue weighted by Gasteiger charge is 2.42. The van der Waals surface area contributed by atoms with Crippen molar-refractivity contribution in [1.82, 2.24) is 4.98 Å². The number of pyridine rings is 1. The van der Waals surface area contributed by atoms with Crippen LogP contribution < -0.4 is 5.73 Å². The van der Waals surface area contributed by atoms with Crippen LogP contribution >= 0.6 is 11.6 Å². The van der Waals surface area contributed by atoms with E-state index in [-0.39, 0.29) is 31.4 Å². The molecule has 0 amide bonds. The zero-order valence-electron chi connectivity index (χ0n) is 15.0. The number of rotatable bonds is 4. The average Bonchev–Trinajstić information content (AvgIpc) is 3.13. The normalized spacial score (nSPS) is 21.2. The van der Waals surface area contributed by atoms with Gasteiger partial charge in [0.2, 0.25) is 0 Å². The van der Waals surface area contributed by atoms with E-state index in [1.807, 2.05) is 0 Å². The van der Waals surface area contributed by atoms with E-state index in [0.717, 1.165) is 5.57 Å². The van der Waals surface area contributed by atoms with Gasteiger partial charge in [-0.25, -0.2) is 9.38 Å². The van der Waals surface area contributed by atoms with Crippen LogP contribution in [0.1, 0.15) is 28.5 Å². The largest absolute Gasteiger partial charge is 0.428 e. The Morgan fingerprint density at radius 3 is 2.89 bits per heavy atom. The summed E-state index contributed by atoms with van der Waals surface area (Å²) in [5, 5.41) is 0.450. The molecule has 0 spiro atoms. The van der Waals surface area contributed by atoms with Gasteiger partial charge in [0.25, 0.3) is 6.02 Å². The summed E-state index contributed by atoms with van der Waals surface area (Å²) >= 11 is 5.81. The molecule has 3 heterocycles. The third-order valence-corrected chi connectivity index (χ3v) is 5.12. The number of hydrogen-bond acceptors (Lipinski definition) is 6. The first kappa shape index (κ1) is 18.6. The van der Waals surface area contributed by atoms with Gasteiger partial charge in [0.15, 0.2) is 5.78 Å². The molecule has 0 fully saturated rings. The van der Waals surface area contributed by atoms with Crippen molar-refractivity contribution < 1.29 is 18.7 Å². The Morgan fingerprint density at radius 1 is 1.32 bits per heavy atom. The lowest BCUT2D eigenvalue weighted by atomic mass is 9.83. The lowest BCUT2D eigenvalue weighted by Crippen LogP contribution is -2.34. The summed E-state index contributed by atoms with van der Waals surface area (Å²) in [4.78, 5) is 20.9. The minimum absolute atomic E-state index is 0.0435. The average molecular weight is 402 g/mol.